The molecular weight excluding hydrogens is 343 g/mol. The molecule has 1 aliphatic rings. The Balaban J connectivity index is 1.52. The molecule has 0 saturated heterocycles. The molecule has 3 N–H and O–H groups in total. The van der Waals surface area contributed by atoms with Crippen molar-refractivity contribution in [2.45, 2.75) is 39.8 Å². The molecule has 0 aliphatic carbocycles. The van der Waals surface area contributed by atoms with E-state index in [4.69, 9.17) is 0 Å². The van der Waals surface area contributed by atoms with E-state index in [0.29, 0.717) is 12.1 Å². The topological polar surface area (TPSA) is 69.8 Å². The number of para-hydroxylation sites is 1. The van der Waals surface area contributed by atoms with Gasteiger partial charge < -0.3 is 15.6 Å². The highest BCUT2D eigenvalue weighted by Crippen LogP contribution is 2.25. The van der Waals surface area contributed by atoms with E-state index in [2.05, 4.69) is 20.6 Å². The van der Waals surface area contributed by atoms with Crippen LogP contribution in [0.1, 0.15) is 33.6 Å². The molecule has 6 heteroatoms. The summed E-state index contributed by atoms with van der Waals surface area (Å²) in [6.07, 6.45) is 3.09. The number of rotatable bonds is 4. The van der Waals surface area contributed by atoms with Crippen molar-refractivity contribution in [2.24, 2.45) is 0 Å². The van der Waals surface area contributed by atoms with Crippen LogP contribution in [0.15, 0.2) is 24.4 Å². The fourth-order valence-electron chi connectivity index (χ4n) is 3.88. The van der Waals surface area contributed by atoms with E-state index in [1.54, 1.807) is 6.07 Å². The highest BCUT2D eigenvalue weighted by Gasteiger charge is 2.18. The maximum atomic E-state index is 13.9. The van der Waals surface area contributed by atoms with Crippen molar-refractivity contribution < 1.29 is 9.18 Å². The van der Waals surface area contributed by atoms with Crippen LogP contribution in [-0.2, 0) is 30.7 Å². The summed E-state index contributed by atoms with van der Waals surface area (Å²) in [5.74, 6) is -0.373. The summed E-state index contributed by atoms with van der Waals surface area (Å²) < 4.78 is 13.9. The number of aryl methyl sites for hydroxylation is 2. The van der Waals surface area contributed by atoms with Crippen molar-refractivity contribution >= 4 is 16.8 Å². The maximum absolute atomic E-state index is 13.9. The molecule has 1 aromatic carbocycles. The van der Waals surface area contributed by atoms with Gasteiger partial charge in [-0.3, -0.25) is 9.78 Å². The van der Waals surface area contributed by atoms with Crippen molar-refractivity contribution in [3.8, 4) is 0 Å². The number of carbonyl (C=O) groups excluding carboxylic acids is 1. The highest BCUT2D eigenvalue weighted by atomic mass is 19.1. The SMILES string of the molecule is Cc1ncc2c(c1CNC(=O)Cc1c(C)[nH]c3c(F)cccc13)CCNC2. The van der Waals surface area contributed by atoms with Gasteiger partial charge in [0.15, 0.2) is 0 Å². The molecule has 3 aromatic rings. The third kappa shape index (κ3) is 3.32. The minimum Gasteiger partial charge on any atom is -0.356 e. The van der Waals surface area contributed by atoms with E-state index in [-0.39, 0.29) is 18.1 Å². The monoisotopic (exact) mass is 366 g/mol. The molecule has 0 saturated carbocycles. The zero-order valence-corrected chi connectivity index (χ0v) is 15.6. The number of nitrogens with one attached hydrogen (secondary N) is 3. The third-order valence-corrected chi connectivity index (χ3v) is 5.37. The van der Waals surface area contributed by atoms with Crippen LogP contribution in [0.2, 0.25) is 0 Å². The second kappa shape index (κ2) is 7.12. The quantitative estimate of drug-likeness (QED) is 0.665. The lowest BCUT2D eigenvalue weighted by Gasteiger charge is -2.21. The molecule has 5 nitrogen and oxygen atoms in total. The molecule has 2 aromatic heterocycles. The molecule has 0 bridgehead atoms. The second-order valence-electron chi connectivity index (χ2n) is 7.10. The van der Waals surface area contributed by atoms with Crippen LogP contribution >= 0.6 is 0 Å². The van der Waals surface area contributed by atoms with Gasteiger partial charge in [-0.1, -0.05) is 12.1 Å². The minimum absolute atomic E-state index is 0.0748. The van der Waals surface area contributed by atoms with Crippen LogP contribution in [0, 0.1) is 19.7 Å². The second-order valence-corrected chi connectivity index (χ2v) is 7.10. The molecule has 0 spiro atoms. The van der Waals surface area contributed by atoms with E-state index in [9.17, 15) is 9.18 Å². The van der Waals surface area contributed by atoms with Crippen LogP contribution < -0.4 is 10.6 Å². The predicted octanol–water partition coefficient (Wildman–Crippen LogP) is 2.82. The Labute approximate surface area is 157 Å². The molecule has 4 rings (SSSR count). The van der Waals surface area contributed by atoms with Crippen LogP contribution in [0.5, 0.6) is 0 Å². The zero-order chi connectivity index (χ0) is 19.0. The third-order valence-electron chi connectivity index (χ3n) is 5.37. The summed E-state index contributed by atoms with van der Waals surface area (Å²) in [5.41, 5.74) is 6.71. The molecule has 3 heterocycles. The number of pyridine rings is 1. The molecule has 140 valence electrons. The first-order chi connectivity index (χ1) is 13.0. The Morgan fingerprint density at radius 2 is 2.15 bits per heavy atom. The number of aromatic nitrogens is 2. The number of carbonyl (C=O) groups is 1. The first-order valence-corrected chi connectivity index (χ1v) is 9.24. The van der Waals surface area contributed by atoms with Gasteiger partial charge >= 0.3 is 0 Å². The van der Waals surface area contributed by atoms with Gasteiger partial charge in [0, 0.05) is 36.1 Å². The summed E-state index contributed by atoms with van der Waals surface area (Å²) >= 11 is 0. The van der Waals surface area contributed by atoms with Gasteiger partial charge in [0.2, 0.25) is 5.91 Å². The Morgan fingerprint density at radius 1 is 1.30 bits per heavy atom. The molecule has 27 heavy (non-hydrogen) atoms. The van der Waals surface area contributed by atoms with E-state index < -0.39 is 0 Å². The van der Waals surface area contributed by atoms with E-state index in [1.165, 1.54) is 17.2 Å². The molecular formula is C21H23FN4O. The number of hydrogen-bond donors (Lipinski definition) is 3. The largest absolute Gasteiger partial charge is 0.356 e. The van der Waals surface area contributed by atoms with Crippen molar-refractivity contribution in [1.29, 1.82) is 0 Å². The fourth-order valence-corrected chi connectivity index (χ4v) is 3.88. The molecule has 0 fully saturated rings. The lowest BCUT2D eigenvalue weighted by atomic mass is 9.96. The number of amides is 1. The number of fused-ring (bicyclic) bond motifs is 2. The van der Waals surface area contributed by atoms with Crippen LogP contribution in [0.3, 0.4) is 0 Å². The lowest BCUT2D eigenvalue weighted by molar-refractivity contribution is -0.120. The van der Waals surface area contributed by atoms with Gasteiger partial charge in [-0.2, -0.15) is 0 Å². The molecule has 0 unspecified atom stereocenters. The van der Waals surface area contributed by atoms with Crippen LogP contribution in [-0.4, -0.2) is 22.4 Å². The van der Waals surface area contributed by atoms with E-state index in [1.807, 2.05) is 26.1 Å². The Hall–Kier alpha value is -2.73. The number of halogens is 1. The summed E-state index contributed by atoms with van der Waals surface area (Å²) in [5, 5.41) is 7.14. The summed E-state index contributed by atoms with van der Waals surface area (Å²) in [7, 11) is 0. The number of nitrogens with zero attached hydrogens (tertiary/aromatic N) is 1. The summed E-state index contributed by atoms with van der Waals surface area (Å²) in [4.78, 5) is 20.1. The van der Waals surface area contributed by atoms with Crippen molar-refractivity contribution in [2.75, 3.05) is 6.54 Å². The van der Waals surface area contributed by atoms with Gasteiger partial charge in [-0.15, -0.1) is 0 Å². The van der Waals surface area contributed by atoms with Crippen molar-refractivity contribution in [3.63, 3.8) is 0 Å². The molecule has 0 radical (unpaired) electrons. The Bertz CT molecular complexity index is 1020. The van der Waals surface area contributed by atoms with E-state index in [0.717, 1.165) is 47.4 Å². The first-order valence-electron chi connectivity index (χ1n) is 9.24. The lowest BCUT2D eigenvalue weighted by Crippen LogP contribution is -2.29. The molecule has 1 aliphatic heterocycles. The van der Waals surface area contributed by atoms with Crippen LogP contribution in [0.4, 0.5) is 4.39 Å². The highest BCUT2D eigenvalue weighted by molar-refractivity contribution is 5.90. The average Bonchev–Trinajstić information content (AvgIpc) is 2.98. The number of benzene rings is 1. The van der Waals surface area contributed by atoms with Gasteiger partial charge in [0.25, 0.3) is 0 Å². The number of hydrogen-bond acceptors (Lipinski definition) is 3. The number of H-pyrrole nitrogens is 1. The predicted molar refractivity (Wildman–Crippen MR) is 103 cm³/mol. The minimum atomic E-state index is -0.298. The Morgan fingerprint density at radius 3 is 3.00 bits per heavy atom. The zero-order valence-electron chi connectivity index (χ0n) is 15.6. The van der Waals surface area contributed by atoms with Crippen molar-refractivity contribution in [3.05, 3.63) is 63.9 Å². The van der Waals surface area contributed by atoms with Gasteiger partial charge in [0.1, 0.15) is 5.82 Å². The number of aromatic amines is 1. The summed E-state index contributed by atoms with van der Waals surface area (Å²) in [6, 6.07) is 4.94. The van der Waals surface area contributed by atoms with Crippen LogP contribution in [0.25, 0.3) is 10.9 Å². The molecule has 0 atom stereocenters. The fraction of sp³-hybridized carbons (Fsp3) is 0.333. The van der Waals surface area contributed by atoms with Crippen molar-refractivity contribution in [1.82, 2.24) is 20.6 Å². The maximum Gasteiger partial charge on any atom is 0.224 e. The standard InChI is InChI=1S/C21H23FN4O/c1-12-18(15-6-7-23-9-14(15)10-24-12)11-25-20(27)8-17-13(2)26-21-16(17)4-3-5-19(21)22/h3-5,10,23,26H,6-9,11H2,1-2H3,(H,25,27). The van der Waals surface area contributed by atoms with Gasteiger partial charge in [0.05, 0.1) is 11.9 Å². The first kappa shape index (κ1) is 17.7. The summed E-state index contributed by atoms with van der Waals surface area (Å²) in [6.45, 7) is 6.09. The van der Waals surface area contributed by atoms with Gasteiger partial charge in [-0.05, 0) is 55.1 Å². The van der Waals surface area contributed by atoms with Gasteiger partial charge in [-0.25, -0.2) is 4.39 Å². The molecule has 1 amide bonds. The average molecular weight is 366 g/mol. The smallest absolute Gasteiger partial charge is 0.224 e. The van der Waals surface area contributed by atoms with E-state index >= 15 is 0 Å². The normalized spacial score (nSPS) is 13.6. The Kier molecular flexibility index (Phi) is 4.66.